The number of fused-ring (bicyclic) bond motifs is 1. The molecule has 4 aromatic rings. The van der Waals surface area contributed by atoms with Gasteiger partial charge in [0, 0.05) is 11.4 Å². The molecule has 3 heteroatoms. The summed E-state index contributed by atoms with van der Waals surface area (Å²) < 4.78 is 5.25. The molecule has 3 aromatic carbocycles. The van der Waals surface area contributed by atoms with Crippen molar-refractivity contribution in [1.82, 2.24) is 4.98 Å². The van der Waals surface area contributed by atoms with E-state index in [-0.39, 0.29) is 0 Å². The number of hydrogen-bond donors (Lipinski definition) is 1. The summed E-state index contributed by atoms with van der Waals surface area (Å²) in [6.07, 6.45) is 1.46. The summed E-state index contributed by atoms with van der Waals surface area (Å²) in [4.78, 5) is 4.17. The van der Waals surface area contributed by atoms with Crippen molar-refractivity contribution in [3.05, 3.63) is 79.2 Å². The van der Waals surface area contributed by atoms with E-state index in [0.717, 1.165) is 22.5 Å². The first-order chi connectivity index (χ1) is 10.9. The van der Waals surface area contributed by atoms with Crippen LogP contribution in [0.3, 0.4) is 0 Å². The molecule has 0 radical (unpaired) electrons. The minimum Gasteiger partial charge on any atom is -0.443 e. The molecule has 0 spiro atoms. The molecule has 0 aliphatic rings. The highest BCUT2D eigenvalue weighted by atomic mass is 16.3. The molecule has 3 nitrogen and oxygen atoms in total. The fourth-order valence-electron chi connectivity index (χ4n) is 2.48. The van der Waals surface area contributed by atoms with E-state index in [1.807, 2.05) is 24.3 Å². The van der Waals surface area contributed by atoms with Crippen molar-refractivity contribution in [2.24, 2.45) is 0 Å². The van der Waals surface area contributed by atoms with E-state index in [9.17, 15) is 0 Å². The Balaban J connectivity index is 1.58. The van der Waals surface area contributed by atoms with Gasteiger partial charge in [0.2, 0.25) is 0 Å². The van der Waals surface area contributed by atoms with E-state index in [4.69, 9.17) is 4.42 Å². The van der Waals surface area contributed by atoms with Crippen LogP contribution in [0.2, 0.25) is 0 Å². The van der Waals surface area contributed by atoms with Gasteiger partial charge in [-0.05, 0) is 41.5 Å². The number of benzene rings is 3. The number of aromatic nitrogens is 1. The van der Waals surface area contributed by atoms with Crippen LogP contribution in [0.5, 0.6) is 0 Å². The largest absolute Gasteiger partial charge is 0.443 e. The smallest absolute Gasteiger partial charge is 0.181 e. The van der Waals surface area contributed by atoms with Crippen molar-refractivity contribution in [2.75, 3.05) is 5.32 Å². The van der Waals surface area contributed by atoms with Gasteiger partial charge in [0.05, 0.1) is 0 Å². The summed E-state index contributed by atoms with van der Waals surface area (Å²) in [6.45, 7) is 0. The van der Waals surface area contributed by atoms with E-state index < -0.39 is 0 Å². The van der Waals surface area contributed by atoms with Crippen LogP contribution >= 0.6 is 0 Å². The number of anilines is 2. The van der Waals surface area contributed by atoms with Gasteiger partial charge in [0.15, 0.2) is 12.0 Å². The van der Waals surface area contributed by atoms with Gasteiger partial charge in [0.25, 0.3) is 0 Å². The Bertz CT molecular complexity index is 896. The minimum atomic E-state index is 0.796. The van der Waals surface area contributed by atoms with E-state index in [0.29, 0.717) is 0 Å². The van der Waals surface area contributed by atoms with Gasteiger partial charge in [-0.15, -0.1) is 0 Å². The number of oxazole rings is 1. The zero-order valence-electron chi connectivity index (χ0n) is 11.9. The van der Waals surface area contributed by atoms with Crippen molar-refractivity contribution >= 4 is 22.5 Å². The number of nitrogens with zero attached hydrogens (tertiary/aromatic N) is 1. The first-order valence-electron chi connectivity index (χ1n) is 7.14. The molecule has 0 aliphatic carbocycles. The Morgan fingerprint density at radius 1 is 0.727 bits per heavy atom. The second-order valence-corrected chi connectivity index (χ2v) is 5.10. The fraction of sp³-hybridized carbons (Fsp3) is 0. The van der Waals surface area contributed by atoms with Crippen molar-refractivity contribution < 1.29 is 4.42 Å². The Morgan fingerprint density at radius 3 is 2.27 bits per heavy atom. The van der Waals surface area contributed by atoms with E-state index in [1.54, 1.807) is 0 Å². The Hall–Kier alpha value is -3.07. The maximum atomic E-state index is 5.25. The zero-order valence-corrected chi connectivity index (χ0v) is 11.9. The molecule has 0 amide bonds. The summed E-state index contributed by atoms with van der Waals surface area (Å²) in [5.74, 6) is 0. The van der Waals surface area contributed by atoms with E-state index in [2.05, 4.69) is 58.8 Å². The lowest BCUT2D eigenvalue weighted by atomic mass is 10.1. The zero-order chi connectivity index (χ0) is 14.8. The maximum Gasteiger partial charge on any atom is 0.181 e. The maximum absolute atomic E-state index is 5.25. The standard InChI is InChI=1S/C19H14N2O/c1-2-4-14(5-3-1)15-6-8-16(9-7-15)21-17-10-11-19-18(12-17)20-13-22-19/h1-13,21H. The third-order valence-electron chi connectivity index (χ3n) is 3.61. The van der Waals surface area contributed by atoms with Gasteiger partial charge in [-0.3, -0.25) is 0 Å². The van der Waals surface area contributed by atoms with Gasteiger partial charge in [-0.1, -0.05) is 42.5 Å². The monoisotopic (exact) mass is 286 g/mol. The Labute approximate surface area is 128 Å². The highest BCUT2D eigenvalue weighted by Crippen LogP contribution is 2.24. The van der Waals surface area contributed by atoms with Crippen molar-refractivity contribution in [3.8, 4) is 11.1 Å². The van der Waals surface area contributed by atoms with E-state index in [1.165, 1.54) is 17.5 Å². The quantitative estimate of drug-likeness (QED) is 0.559. The van der Waals surface area contributed by atoms with Crippen LogP contribution in [-0.2, 0) is 0 Å². The number of hydrogen-bond acceptors (Lipinski definition) is 3. The average molecular weight is 286 g/mol. The molecule has 0 fully saturated rings. The summed E-state index contributed by atoms with van der Waals surface area (Å²) in [5.41, 5.74) is 6.11. The second kappa shape index (κ2) is 5.37. The summed E-state index contributed by atoms with van der Waals surface area (Å²) in [7, 11) is 0. The van der Waals surface area contributed by atoms with Crippen LogP contribution in [0.4, 0.5) is 11.4 Å². The SMILES string of the molecule is c1ccc(-c2ccc(Nc3ccc4ocnc4c3)cc2)cc1. The summed E-state index contributed by atoms with van der Waals surface area (Å²) in [6, 6.07) is 24.6. The molecule has 0 atom stereocenters. The van der Waals surface area contributed by atoms with Crippen LogP contribution in [0.15, 0.2) is 83.6 Å². The van der Waals surface area contributed by atoms with Crippen LogP contribution in [0.1, 0.15) is 0 Å². The van der Waals surface area contributed by atoms with Gasteiger partial charge < -0.3 is 9.73 Å². The lowest BCUT2D eigenvalue weighted by molar-refractivity contribution is 0.602. The summed E-state index contributed by atoms with van der Waals surface area (Å²) in [5, 5.41) is 3.38. The molecule has 0 saturated heterocycles. The third kappa shape index (κ3) is 2.44. The average Bonchev–Trinajstić information content (AvgIpc) is 3.04. The van der Waals surface area contributed by atoms with Crippen molar-refractivity contribution in [1.29, 1.82) is 0 Å². The highest BCUT2D eigenvalue weighted by molar-refractivity contribution is 5.79. The minimum absolute atomic E-state index is 0.796. The third-order valence-corrected chi connectivity index (χ3v) is 3.61. The first kappa shape index (κ1) is 12.7. The van der Waals surface area contributed by atoms with Crippen molar-refractivity contribution in [2.45, 2.75) is 0 Å². The summed E-state index contributed by atoms with van der Waals surface area (Å²) >= 11 is 0. The molecule has 4 rings (SSSR count). The number of rotatable bonds is 3. The molecular weight excluding hydrogens is 272 g/mol. The molecule has 106 valence electrons. The van der Waals surface area contributed by atoms with Gasteiger partial charge >= 0.3 is 0 Å². The predicted molar refractivity (Wildman–Crippen MR) is 89.2 cm³/mol. The molecule has 0 unspecified atom stereocenters. The Morgan fingerprint density at radius 2 is 1.45 bits per heavy atom. The molecule has 1 aromatic heterocycles. The first-order valence-corrected chi connectivity index (χ1v) is 7.14. The van der Waals surface area contributed by atoms with Crippen molar-refractivity contribution in [3.63, 3.8) is 0 Å². The van der Waals surface area contributed by atoms with Gasteiger partial charge in [0.1, 0.15) is 5.52 Å². The molecule has 22 heavy (non-hydrogen) atoms. The fourth-order valence-corrected chi connectivity index (χ4v) is 2.48. The molecule has 0 aliphatic heterocycles. The number of nitrogens with one attached hydrogen (secondary N) is 1. The van der Waals surface area contributed by atoms with Crippen LogP contribution < -0.4 is 5.32 Å². The lowest BCUT2D eigenvalue weighted by Crippen LogP contribution is -1.90. The van der Waals surface area contributed by atoms with Crippen LogP contribution in [-0.4, -0.2) is 4.98 Å². The predicted octanol–water partition coefficient (Wildman–Crippen LogP) is 5.24. The lowest BCUT2D eigenvalue weighted by Gasteiger charge is -2.07. The van der Waals surface area contributed by atoms with E-state index >= 15 is 0 Å². The van der Waals surface area contributed by atoms with Gasteiger partial charge in [-0.25, -0.2) is 4.98 Å². The molecule has 0 saturated carbocycles. The Kier molecular flexibility index (Phi) is 3.09. The van der Waals surface area contributed by atoms with Crippen LogP contribution in [0.25, 0.3) is 22.2 Å². The molecule has 1 heterocycles. The van der Waals surface area contributed by atoms with Gasteiger partial charge in [-0.2, -0.15) is 0 Å². The normalized spacial score (nSPS) is 10.7. The molecular formula is C19H14N2O. The second-order valence-electron chi connectivity index (χ2n) is 5.10. The molecule has 0 bridgehead atoms. The topological polar surface area (TPSA) is 38.1 Å². The highest BCUT2D eigenvalue weighted by Gasteiger charge is 2.01. The molecule has 1 N–H and O–H groups in total. The van der Waals surface area contributed by atoms with Crippen LogP contribution in [0, 0.1) is 0 Å².